The molecule has 4 nitrogen and oxygen atoms in total. The van der Waals surface area contributed by atoms with E-state index in [0.717, 1.165) is 32.2 Å². The molecule has 0 saturated heterocycles. The van der Waals surface area contributed by atoms with Gasteiger partial charge in [-0.25, -0.2) is 0 Å². The Morgan fingerprint density at radius 3 is 2.24 bits per heavy atom. The molecule has 0 aromatic heterocycles. The molecule has 1 aromatic carbocycles. The molecular formula is C21H35N3O. The lowest BCUT2D eigenvalue weighted by Gasteiger charge is -2.39. The van der Waals surface area contributed by atoms with E-state index >= 15 is 0 Å². The van der Waals surface area contributed by atoms with Crippen LogP contribution in [0.5, 0.6) is 0 Å². The lowest BCUT2D eigenvalue weighted by atomic mass is 9.88. The van der Waals surface area contributed by atoms with Crippen molar-refractivity contribution < 1.29 is 4.79 Å². The molecule has 1 amide bonds. The topological polar surface area (TPSA) is 58.4 Å². The predicted molar refractivity (Wildman–Crippen MR) is 104 cm³/mol. The summed E-state index contributed by atoms with van der Waals surface area (Å²) in [6, 6.07) is 11.7. The van der Waals surface area contributed by atoms with E-state index in [2.05, 4.69) is 54.4 Å². The second-order valence-electron chi connectivity index (χ2n) is 8.04. The first-order chi connectivity index (χ1) is 11.9. The van der Waals surface area contributed by atoms with Crippen molar-refractivity contribution in [1.82, 2.24) is 10.2 Å². The number of rotatable bonds is 7. The lowest BCUT2D eigenvalue weighted by molar-refractivity contribution is -0.124. The molecule has 1 unspecified atom stereocenters. The van der Waals surface area contributed by atoms with Crippen molar-refractivity contribution in [3.05, 3.63) is 35.9 Å². The van der Waals surface area contributed by atoms with Crippen molar-refractivity contribution in [3.8, 4) is 0 Å². The molecule has 4 heteroatoms. The van der Waals surface area contributed by atoms with E-state index in [0.29, 0.717) is 12.1 Å². The summed E-state index contributed by atoms with van der Waals surface area (Å²) in [5, 5.41) is 3.16. The SMILES string of the molecule is CC(C)C(N)C(=O)NC1CCC(N(Cc2ccccc2)C(C)C)CC1. The van der Waals surface area contributed by atoms with Gasteiger partial charge in [-0.05, 0) is 51.0 Å². The summed E-state index contributed by atoms with van der Waals surface area (Å²) in [4.78, 5) is 14.8. The Bertz CT molecular complexity index is 521. The highest BCUT2D eigenvalue weighted by molar-refractivity contribution is 5.82. The number of hydrogen-bond acceptors (Lipinski definition) is 3. The van der Waals surface area contributed by atoms with Crippen LogP contribution >= 0.6 is 0 Å². The molecule has 1 aromatic rings. The summed E-state index contributed by atoms with van der Waals surface area (Å²) in [7, 11) is 0. The van der Waals surface area contributed by atoms with Crippen LogP contribution in [0.15, 0.2) is 30.3 Å². The number of hydrogen-bond donors (Lipinski definition) is 2. The molecule has 0 heterocycles. The highest BCUT2D eigenvalue weighted by Crippen LogP contribution is 2.26. The molecule has 0 spiro atoms. The minimum Gasteiger partial charge on any atom is -0.352 e. The zero-order valence-electron chi connectivity index (χ0n) is 16.2. The first kappa shape index (κ1) is 19.9. The summed E-state index contributed by atoms with van der Waals surface area (Å²) in [6.45, 7) is 9.53. The largest absolute Gasteiger partial charge is 0.352 e. The Hall–Kier alpha value is -1.39. The van der Waals surface area contributed by atoms with E-state index in [4.69, 9.17) is 5.73 Å². The van der Waals surface area contributed by atoms with Crippen molar-refractivity contribution in [2.45, 2.75) is 84.1 Å². The van der Waals surface area contributed by atoms with Crippen LogP contribution < -0.4 is 11.1 Å². The van der Waals surface area contributed by atoms with Gasteiger partial charge in [-0.3, -0.25) is 9.69 Å². The third kappa shape index (κ3) is 5.82. The van der Waals surface area contributed by atoms with Gasteiger partial charge in [-0.2, -0.15) is 0 Å². The zero-order valence-corrected chi connectivity index (χ0v) is 16.2. The summed E-state index contributed by atoms with van der Waals surface area (Å²) in [5.41, 5.74) is 7.33. The van der Waals surface area contributed by atoms with Crippen LogP contribution in [0, 0.1) is 5.92 Å². The van der Waals surface area contributed by atoms with E-state index < -0.39 is 6.04 Å². The first-order valence-electron chi connectivity index (χ1n) is 9.74. The van der Waals surface area contributed by atoms with Crippen LogP contribution in [0.1, 0.15) is 58.9 Å². The first-order valence-corrected chi connectivity index (χ1v) is 9.74. The highest BCUT2D eigenvalue weighted by atomic mass is 16.2. The van der Waals surface area contributed by atoms with Gasteiger partial charge >= 0.3 is 0 Å². The molecule has 1 saturated carbocycles. The third-order valence-corrected chi connectivity index (χ3v) is 5.40. The van der Waals surface area contributed by atoms with Gasteiger partial charge < -0.3 is 11.1 Å². The summed E-state index contributed by atoms with van der Waals surface area (Å²) in [6.07, 6.45) is 4.35. The molecule has 25 heavy (non-hydrogen) atoms. The number of benzene rings is 1. The van der Waals surface area contributed by atoms with E-state index in [-0.39, 0.29) is 17.9 Å². The quantitative estimate of drug-likeness (QED) is 0.797. The summed E-state index contributed by atoms with van der Waals surface area (Å²) in [5.74, 6) is 0.182. The maximum atomic E-state index is 12.2. The number of nitrogens with one attached hydrogen (secondary N) is 1. The van der Waals surface area contributed by atoms with Crippen LogP contribution in [0.4, 0.5) is 0 Å². The molecule has 0 aliphatic heterocycles. The Morgan fingerprint density at radius 1 is 1.12 bits per heavy atom. The number of carbonyl (C=O) groups is 1. The van der Waals surface area contributed by atoms with Gasteiger partial charge in [0.1, 0.15) is 0 Å². The molecular weight excluding hydrogens is 310 g/mol. The molecule has 3 N–H and O–H groups in total. The maximum Gasteiger partial charge on any atom is 0.237 e. The Morgan fingerprint density at radius 2 is 1.72 bits per heavy atom. The average Bonchev–Trinajstić information content (AvgIpc) is 2.60. The number of nitrogens with zero attached hydrogens (tertiary/aromatic N) is 1. The van der Waals surface area contributed by atoms with Gasteiger partial charge in [0.05, 0.1) is 6.04 Å². The number of amides is 1. The normalized spacial score (nSPS) is 22.4. The van der Waals surface area contributed by atoms with E-state index in [9.17, 15) is 4.79 Å². The smallest absolute Gasteiger partial charge is 0.237 e. The Balaban J connectivity index is 1.87. The van der Waals surface area contributed by atoms with Crippen molar-refractivity contribution >= 4 is 5.91 Å². The molecule has 0 bridgehead atoms. The van der Waals surface area contributed by atoms with Gasteiger partial charge in [-0.15, -0.1) is 0 Å². The molecule has 1 fully saturated rings. The van der Waals surface area contributed by atoms with Crippen molar-refractivity contribution in [3.63, 3.8) is 0 Å². The van der Waals surface area contributed by atoms with Crippen molar-refractivity contribution in [2.75, 3.05) is 0 Å². The maximum absolute atomic E-state index is 12.2. The standard InChI is InChI=1S/C21H35N3O/c1-15(2)20(22)21(25)23-18-10-12-19(13-11-18)24(16(3)4)14-17-8-6-5-7-9-17/h5-9,15-16,18-20H,10-14,22H2,1-4H3,(H,23,25). The van der Waals surface area contributed by atoms with Crippen LogP contribution in [-0.2, 0) is 11.3 Å². The van der Waals surface area contributed by atoms with E-state index in [1.54, 1.807) is 0 Å². The molecule has 140 valence electrons. The predicted octanol–water partition coefficient (Wildman–Crippen LogP) is 3.31. The lowest BCUT2D eigenvalue weighted by Crippen LogP contribution is -2.50. The van der Waals surface area contributed by atoms with E-state index in [1.807, 2.05) is 13.8 Å². The van der Waals surface area contributed by atoms with Crippen LogP contribution in [0.2, 0.25) is 0 Å². The van der Waals surface area contributed by atoms with Crippen molar-refractivity contribution in [2.24, 2.45) is 11.7 Å². The fourth-order valence-corrected chi connectivity index (χ4v) is 3.68. The minimum atomic E-state index is -0.400. The molecule has 1 aliphatic carbocycles. The molecule has 2 rings (SSSR count). The molecule has 1 aliphatic rings. The van der Waals surface area contributed by atoms with E-state index in [1.165, 1.54) is 5.56 Å². The van der Waals surface area contributed by atoms with Crippen LogP contribution in [0.25, 0.3) is 0 Å². The third-order valence-electron chi connectivity index (χ3n) is 5.40. The zero-order chi connectivity index (χ0) is 18.4. The summed E-state index contributed by atoms with van der Waals surface area (Å²) >= 11 is 0. The Kier molecular flexibility index (Phi) is 7.45. The fraction of sp³-hybridized carbons (Fsp3) is 0.667. The van der Waals surface area contributed by atoms with Crippen LogP contribution in [0.3, 0.4) is 0 Å². The highest BCUT2D eigenvalue weighted by Gasteiger charge is 2.29. The van der Waals surface area contributed by atoms with Gasteiger partial charge in [0.2, 0.25) is 5.91 Å². The number of nitrogens with two attached hydrogens (primary N) is 1. The molecule has 1 atom stereocenters. The average molecular weight is 346 g/mol. The second kappa shape index (κ2) is 9.35. The van der Waals surface area contributed by atoms with Gasteiger partial charge in [-0.1, -0.05) is 44.2 Å². The van der Waals surface area contributed by atoms with Gasteiger partial charge in [0.25, 0.3) is 0 Å². The van der Waals surface area contributed by atoms with Crippen molar-refractivity contribution in [1.29, 1.82) is 0 Å². The Labute approximate surface area is 153 Å². The number of carbonyl (C=O) groups excluding carboxylic acids is 1. The second-order valence-corrected chi connectivity index (χ2v) is 8.04. The van der Waals surface area contributed by atoms with Gasteiger partial charge in [0.15, 0.2) is 0 Å². The fourth-order valence-electron chi connectivity index (χ4n) is 3.68. The summed E-state index contributed by atoms with van der Waals surface area (Å²) < 4.78 is 0. The monoisotopic (exact) mass is 345 g/mol. The minimum absolute atomic E-state index is 0.00320. The molecule has 0 radical (unpaired) electrons. The van der Waals surface area contributed by atoms with Gasteiger partial charge in [0, 0.05) is 24.7 Å². The van der Waals surface area contributed by atoms with Crippen LogP contribution in [-0.4, -0.2) is 35.0 Å².